The van der Waals surface area contributed by atoms with Gasteiger partial charge in [0.1, 0.15) is 5.69 Å². The highest BCUT2D eigenvalue weighted by molar-refractivity contribution is 5.92. The number of carbonyl (C=O) groups is 1. The fourth-order valence-corrected chi connectivity index (χ4v) is 2.10. The highest BCUT2D eigenvalue weighted by Gasteiger charge is 2.33. The quantitative estimate of drug-likeness (QED) is 0.940. The molecule has 0 saturated heterocycles. The maximum atomic E-state index is 12.5. The van der Waals surface area contributed by atoms with E-state index in [1.807, 2.05) is 23.1 Å². The Morgan fingerprint density at radius 3 is 2.62 bits per heavy atom. The lowest BCUT2D eigenvalue weighted by Gasteiger charge is -2.21. The number of carbonyl (C=O) groups excluding carboxylic acids is 1. The van der Waals surface area contributed by atoms with Crippen LogP contribution < -0.4 is 5.73 Å². The van der Waals surface area contributed by atoms with Gasteiger partial charge >= 0.3 is 0 Å². The van der Waals surface area contributed by atoms with E-state index in [1.165, 1.54) is 6.20 Å². The largest absolute Gasteiger partial charge is 0.397 e. The van der Waals surface area contributed by atoms with Gasteiger partial charge in [-0.1, -0.05) is 6.07 Å². The molecule has 0 unspecified atom stereocenters. The van der Waals surface area contributed by atoms with Gasteiger partial charge in [-0.2, -0.15) is 0 Å². The Balaban J connectivity index is 0.00000161. The van der Waals surface area contributed by atoms with Crippen LogP contribution in [0.5, 0.6) is 0 Å². The first-order valence-corrected chi connectivity index (χ1v) is 6.66. The summed E-state index contributed by atoms with van der Waals surface area (Å²) in [4.78, 5) is 22.8. The molecule has 2 aromatic heterocycles. The topological polar surface area (TPSA) is 72.1 Å². The van der Waals surface area contributed by atoms with Crippen LogP contribution in [-0.2, 0) is 6.54 Å². The minimum absolute atomic E-state index is 0. The second-order valence-corrected chi connectivity index (χ2v) is 4.96. The van der Waals surface area contributed by atoms with Crippen molar-refractivity contribution in [3.8, 4) is 0 Å². The van der Waals surface area contributed by atoms with E-state index >= 15 is 0 Å². The van der Waals surface area contributed by atoms with E-state index < -0.39 is 0 Å². The Morgan fingerprint density at radius 1 is 1.24 bits per heavy atom. The third-order valence-electron chi connectivity index (χ3n) is 3.31. The first-order chi connectivity index (χ1) is 9.74. The Labute approximate surface area is 129 Å². The highest BCUT2D eigenvalue weighted by Crippen LogP contribution is 2.29. The van der Waals surface area contributed by atoms with Crippen LogP contribution in [0.15, 0.2) is 42.7 Å². The summed E-state index contributed by atoms with van der Waals surface area (Å²) in [7, 11) is 0. The van der Waals surface area contributed by atoms with Crippen molar-refractivity contribution in [2.75, 3.05) is 5.73 Å². The monoisotopic (exact) mass is 304 g/mol. The lowest BCUT2D eigenvalue weighted by molar-refractivity contribution is 0.0722. The van der Waals surface area contributed by atoms with Crippen LogP contribution in [0.4, 0.5) is 5.69 Å². The van der Waals surface area contributed by atoms with Gasteiger partial charge in [0.2, 0.25) is 0 Å². The molecule has 1 saturated carbocycles. The Bertz CT molecular complexity index is 599. The SMILES string of the molecule is Cl.Nc1ccc(C(=O)N(Cc2ccccn2)C2CC2)nc1. The molecule has 1 fully saturated rings. The van der Waals surface area contributed by atoms with Gasteiger partial charge in [-0.25, -0.2) is 4.98 Å². The van der Waals surface area contributed by atoms with Crippen LogP contribution in [0, 0.1) is 0 Å². The van der Waals surface area contributed by atoms with Gasteiger partial charge in [0.15, 0.2) is 0 Å². The van der Waals surface area contributed by atoms with Gasteiger partial charge in [0, 0.05) is 12.2 Å². The molecule has 0 spiro atoms. The summed E-state index contributed by atoms with van der Waals surface area (Å²) in [6.45, 7) is 0.524. The second-order valence-electron chi connectivity index (χ2n) is 4.96. The van der Waals surface area contributed by atoms with Crippen LogP contribution >= 0.6 is 12.4 Å². The molecule has 0 radical (unpaired) electrons. The predicted octanol–water partition coefficient (Wildman–Crippen LogP) is 2.29. The number of nitrogens with two attached hydrogens (primary N) is 1. The fraction of sp³-hybridized carbons (Fsp3) is 0.267. The minimum Gasteiger partial charge on any atom is -0.397 e. The van der Waals surface area contributed by atoms with E-state index in [1.54, 1.807) is 18.3 Å². The van der Waals surface area contributed by atoms with Gasteiger partial charge in [0.25, 0.3) is 5.91 Å². The van der Waals surface area contributed by atoms with Crippen molar-refractivity contribution in [1.82, 2.24) is 14.9 Å². The van der Waals surface area contributed by atoms with Crippen molar-refractivity contribution in [2.45, 2.75) is 25.4 Å². The van der Waals surface area contributed by atoms with Crippen molar-refractivity contribution >= 4 is 24.0 Å². The molecule has 0 aliphatic heterocycles. The second kappa shape index (κ2) is 6.54. The van der Waals surface area contributed by atoms with Crippen LogP contribution in [0.1, 0.15) is 29.0 Å². The number of amides is 1. The molecule has 2 aromatic rings. The van der Waals surface area contributed by atoms with E-state index in [9.17, 15) is 4.79 Å². The fourth-order valence-electron chi connectivity index (χ4n) is 2.10. The van der Waals surface area contributed by atoms with Crippen LogP contribution in [0.3, 0.4) is 0 Å². The third-order valence-corrected chi connectivity index (χ3v) is 3.31. The molecule has 6 heteroatoms. The zero-order valence-corrected chi connectivity index (χ0v) is 12.3. The number of halogens is 1. The molecule has 5 nitrogen and oxygen atoms in total. The van der Waals surface area contributed by atoms with Crippen molar-refractivity contribution in [1.29, 1.82) is 0 Å². The molecule has 1 aliphatic carbocycles. The molecule has 3 rings (SSSR count). The van der Waals surface area contributed by atoms with Gasteiger partial charge < -0.3 is 10.6 Å². The molecular weight excluding hydrogens is 288 g/mol. The number of nitrogen functional groups attached to an aromatic ring is 1. The molecule has 1 aliphatic rings. The standard InChI is InChI=1S/C15H16N4O.ClH/c16-11-4-7-14(18-9-11)15(20)19(13-5-6-13)10-12-3-1-2-8-17-12;/h1-4,7-9,13H,5-6,10,16H2;1H. The van der Waals surface area contributed by atoms with Crippen molar-refractivity contribution in [3.05, 3.63) is 54.1 Å². The number of aromatic nitrogens is 2. The summed E-state index contributed by atoms with van der Waals surface area (Å²) in [6.07, 6.45) is 5.35. The van der Waals surface area contributed by atoms with Crippen molar-refractivity contribution in [2.24, 2.45) is 0 Å². The number of hydrogen-bond donors (Lipinski definition) is 1. The summed E-state index contributed by atoms with van der Waals surface area (Å²) in [5.74, 6) is -0.0573. The predicted molar refractivity (Wildman–Crippen MR) is 83.0 cm³/mol. The van der Waals surface area contributed by atoms with E-state index in [2.05, 4.69) is 9.97 Å². The number of rotatable bonds is 4. The molecule has 0 atom stereocenters. The smallest absolute Gasteiger partial charge is 0.273 e. The maximum absolute atomic E-state index is 12.5. The van der Waals surface area contributed by atoms with Crippen molar-refractivity contribution in [3.63, 3.8) is 0 Å². The number of nitrogens with zero attached hydrogens (tertiary/aromatic N) is 3. The summed E-state index contributed by atoms with van der Waals surface area (Å²) in [6, 6.07) is 9.41. The third kappa shape index (κ3) is 3.70. The van der Waals surface area contributed by atoms with Gasteiger partial charge in [-0.05, 0) is 37.1 Å². The average Bonchev–Trinajstić information content (AvgIpc) is 3.30. The van der Waals surface area contributed by atoms with Gasteiger partial charge in [0.05, 0.1) is 24.1 Å². The number of pyridine rings is 2. The normalized spacial score (nSPS) is 13.3. The zero-order chi connectivity index (χ0) is 13.9. The first kappa shape index (κ1) is 15.3. The van der Waals surface area contributed by atoms with E-state index in [0.717, 1.165) is 18.5 Å². The lowest BCUT2D eigenvalue weighted by atomic mass is 10.2. The summed E-state index contributed by atoms with van der Waals surface area (Å²) in [5, 5.41) is 0. The summed E-state index contributed by atoms with van der Waals surface area (Å²) >= 11 is 0. The average molecular weight is 305 g/mol. The van der Waals surface area contributed by atoms with E-state index in [4.69, 9.17) is 5.73 Å². The molecule has 2 heterocycles. The van der Waals surface area contributed by atoms with Crippen LogP contribution in [0.2, 0.25) is 0 Å². The van der Waals surface area contributed by atoms with Gasteiger partial charge in [-0.3, -0.25) is 9.78 Å². The summed E-state index contributed by atoms with van der Waals surface area (Å²) in [5.41, 5.74) is 7.49. The molecule has 21 heavy (non-hydrogen) atoms. The van der Waals surface area contributed by atoms with E-state index in [-0.39, 0.29) is 18.3 Å². The maximum Gasteiger partial charge on any atom is 0.273 e. The molecule has 2 N–H and O–H groups in total. The Hall–Kier alpha value is -2.14. The number of anilines is 1. The van der Waals surface area contributed by atoms with Crippen molar-refractivity contribution < 1.29 is 4.79 Å². The van der Waals surface area contributed by atoms with Gasteiger partial charge in [-0.15, -0.1) is 12.4 Å². The first-order valence-electron chi connectivity index (χ1n) is 6.66. The molecule has 110 valence electrons. The zero-order valence-electron chi connectivity index (χ0n) is 11.5. The summed E-state index contributed by atoms with van der Waals surface area (Å²) < 4.78 is 0. The molecule has 0 bridgehead atoms. The van der Waals surface area contributed by atoms with Crippen LogP contribution in [0.25, 0.3) is 0 Å². The molecular formula is C15H17ClN4O. The Kier molecular flexibility index (Phi) is 4.75. The minimum atomic E-state index is -0.0573. The van der Waals surface area contributed by atoms with Crippen LogP contribution in [-0.4, -0.2) is 26.8 Å². The Morgan fingerprint density at radius 2 is 2.05 bits per heavy atom. The van der Waals surface area contributed by atoms with E-state index in [0.29, 0.717) is 24.0 Å². The number of hydrogen-bond acceptors (Lipinski definition) is 4. The molecule has 1 amide bonds. The molecule has 0 aromatic carbocycles. The highest BCUT2D eigenvalue weighted by atomic mass is 35.5. The lowest BCUT2D eigenvalue weighted by Crippen LogP contribution is -2.33.